The van der Waals surface area contributed by atoms with Crippen LogP contribution in [0.3, 0.4) is 0 Å². The fourth-order valence-corrected chi connectivity index (χ4v) is 1.68. The number of hydrogen-bond acceptors (Lipinski definition) is 3. The van der Waals surface area contributed by atoms with E-state index >= 15 is 0 Å². The highest BCUT2D eigenvalue weighted by atomic mass is 16.6. The number of esters is 1. The van der Waals surface area contributed by atoms with Gasteiger partial charge in [0.25, 0.3) is 0 Å². The largest absolute Gasteiger partial charge is 0.459 e. The summed E-state index contributed by atoms with van der Waals surface area (Å²) in [6.45, 7) is 3.99. The standard InChI is InChI=1S/C16H18O3/c1-3-4-5-6-7-8-9-11-15-16(19-14(2)17)12-10-13-18-15/h3-4,9,11,15-16H,10,12-13H2,1-2H3/b4-3+,11-9+/t15-,16+/m0/s1. The van der Waals surface area contributed by atoms with Crippen LogP contribution in [0.1, 0.15) is 26.7 Å². The van der Waals surface area contributed by atoms with Crippen LogP contribution in [0.25, 0.3) is 0 Å². The smallest absolute Gasteiger partial charge is 0.303 e. The Morgan fingerprint density at radius 1 is 1.32 bits per heavy atom. The lowest BCUT2D eigenvalue weighted by Gasteiger charge is -2.28. The van der Waals surface area contributed by atoms with Gasteiger partial charge in [-0.3, -0.25) is 4.79 Å². The molecule has 1 fully saturated rings. The summed E-state index contributed by atoms with van der Waals surface area (Å²) in [6, 6.07) is 0. The van der Waals surface area contributed by atoms with Crippen molar-refractivity contribution in [2.75, 3.05) is 6.61 Å². The Morgan fingerprint density at radius 3 is 2.74 bits per heavy atom. The van der Waals surface area contributed by atoms with E-state index in [1.807, 2.05) is 19.1 Å². The molecule has 1 saturated heterocycles. The summed E-state index contributed by atoms with van der Waals surface area (Å²) < 4.78 is 10.8. The van der Waals surface area contributed by atoms with E-state index < -0.39 is 0 Å². The lowest BCUT2D eigenvalue weighted by molar-refractivity contribution is -0.157. The summed E-state index contributed by atoms with van der Waals surface area (Å²) in [6.07, 6.45) is 8.40. The van der Waals surface area contributed by atoms with E-state index in [0.717, 1.165) is 12.8 Å². The number of allylic oxidation sites excluding steroid dienone is 3. The summed E-state index contributed by atoms with van der Waals surface area (Å²) in [5.41, 5.74) is 0. The van der Waals surface area contributed by atoms with Crippen molar-refractivity contribution in [1.29, 1.82) is 0 Å². The van der Waals surface area contributed by atoms with Gasteiger partial charge in [-0.25, -0.2) is 0 Å². The van der Waals surface area contributed by atoms with Crippen molar-refractivity contribution in [3.63, 3.8) is 0 Å². The topological polar surface area (TPSA) is 35.5 Å². The van der Waals surface area contributed by atoms with Gasteiger partial charge in [0.2, 0.25) is 0 Å². The zero-order valence-electron chi connectivity index (χ0n) is 11.3. The van der Waals surface area contributed by atoms with Crippen LogP contribution in [0.5, 0.6) is 0 Å². The molecular formula is C16H18O3. The number of carbonyl (C=O) groups is 1. The molecule has 0 aromatic carbocycles. The Morgan fingerprint density at radius 2 is 2.05 bits per heavy atom. The predicted molar refractivity (Wildman–Crippen MR) is 74.0 cm³/mol. The van der Waals surface area contributed by atoms with E-state index in [2.05, 4.69) is 23.7 Å². The van der Waals surface area contributed by atoms with Crippen LogP contribution in [0.4, 0.5) is 0 Å². The fourth-order valence-electron chi connectivity index (χ4n) is 1.68. The predicted octanol–water partition coefficient (Wildman–Crippen LogP) is 2.24. The van der Waals surface area contributed by atoms with Gasteiger partial charge in [0, 0.05) is 13.5 Å². The maximum atomic E-state index is 11.0. The van der Waals surface area contributed by atoms with Gasteiger partial charge in [-0.05, 0) is 49.8 Å². The molecule has 100 valence electrons. The molecule has 0 aromatic heterocycles. The summed E-state index contributed by atoms with van der Waals surface area (Å²) in [5.74, 6) is 10.7. The van der Waals surface area contributed by atoms with Gasteiger partial charge in [0.1, 0.15) is 12.2 Å². The first kappa shape index (κ1) is 15.1. The van der Waals surface area contributed by atoms with Crippen LogP contribution in [0.2, 0.25) is 0 Å². The molecule has 0 unspecified atom stereocenters. The van der Waals surface area contributed by atoms with Crippen LogP contribution in [0, 0.1) is 23.7 Å². The lowest BCUT2D eigenvalue weighted by Crippen LogP contribution is -2.35. The summed E-state index contributed by atoms with van der Waals surface area (Å²) in [4.78, 5) is 11.0. The van der Waals surface area contributed by atoms with Crippen LogP contribution in [-0.4, -0.2) is 24.8 Å². The molecule has 0 aromatic rings. The Kier molecular flexibility index (Phi) is 7.17. The van der Waals surface area contributed by atoms with Crippen LogP contribution >= 0.6 is 0 Å². The maximum Gasteiger partial charge on any atom is 0.303 e. The quantitative estimate of drug-likeness (QED) is 0.563. The fraction of sp³-hybridized carbons (Fsp3) is 0.438. The molecule has 0 amide bonds. The van der Waals surface area contributed by atoms with Crippen molar-refractivity contribution >= 4 is 5.97 Å². The average molecular weight is 258 g/mol. The van der Waals surface area contributed by atoms with E-state index in [1.54, 1.807) is 12.2 Å². The first-order valence-corrected chi connectivity index (χ1v) is 6.31. The molecule has 19 heavy (non-hydrogen) atoms. The highest BCUT2D eigenvalue weighted by Gasteiger charge is 2.26. The first-order chi connectivity index (χ1) is 9.24. The Balaban J connectivity index is 2.52. The minimum Gasteiger partial charge on any atom is -0.459 e. The minimum atomic E-state index is -0.280. The zero-order valence-corrected chi connectivity index (χ0v) is 11.3. The maximum absolute atomic E-state index is 11.0. The molecule has 1 aliphatic heterocycles. The Bertz CT molecular complexity index is 466. The van der Waals surface area contributed by atoms with Crippen LogP contribution < -0.4 is 0 Å². The molecule has 0 bridgehead atoms. The molecule has 0 N–H and O–H groups in total. The molecule has 0 spiro atoms. The van der Waals surface area contributed by atoms with E-state index in [1.165, 1.54) is 6.92 Å². The molecule has 2 atom stereocenters. The first-order valence-electron chi connectivity index (χ1n) is 6.31. The van der Waals surface area contributed by atoms with E-state index in [-0.39, 0.29) is 18.2 Å². The van der Waals surface area contributed by atoms with Crippen molar-refractivity contribution in [2.45, 2.75) is 38.9 Å². The van der Waals surface area contributed by atoms with Crippen LogP contribution in [-0.2, 0) is 14.3 Å². The third kappa shape index (κ3) is 6.50. The van der Waals surface area contributed by atoms with Crippen molar-refractivity contribution < 1.29 is 14.3 Å². The Hall–Kier alpha value is -1.97. The third-order valence-electron chi connectivity index (χ3n) is 2.45. The van der Waals surface area contributed by atoms with Gasteiger partial charge in [-0.2, -0.15) is 0 Å². The highest BCUT2D eigenvalue weighted by Crippen LogP contribution is 2.18. The van der Waals surface area contributed by atoms with Gasteiger partial charge in [0.05, 0.1) is 0 Å². The van der Waals surface area contributed by atoms with Gasteiger partial charge in [-0.1, -0.05) is 17.9 Å². The number of carbonyl (C=O) groups excluding carboxylic acids is 1. The summed E-state index contributed by atoms with van der Waals surface area (Å²) in [7, 11) is 0. The minimum absolute atomic E-state index is 0.210. The molecule has 0 radical (unpaired) electrons. The van der Waals surface area contributed by atoms with E-state index in [0.29, 0.717) is 6.61 Å². The SMILES string of the molecule is C/C=C/C#CC#C/C=C/[C@@H]1OCCC[C@H]1OC(C)=O. The number of hydrogen-bond donors (Lipinski definition) is 0. The van der Waals surface area contributed by atoms with E-state index in [9.17, 15) is 4.79 Å². The van der Waals surface area contributed by atoms with Crippen molar-refractivity contribution in [1.82, 2.24) is 0 Å². The van der Waals surface area contributed by atoms with E-state index in [4.69, 9.17) is 9.47 Å². The monoisotopic (exact) mass is 258 g/mol. The number of rotatable bonds is 2. The van der Waals surface area contributed by atoms with Gasteiger partial charge < -0.3 is 9.47 Å². The molecule has 0 saturated carbocycles. The molecule has 0 aliphatic carbocycles. The van der Waals surface area contributed by atoms with Crippen molar-refractivity contribution in [3.8, 4) is 23.7 Å². The zero-order chi connectivity index (χ0) is 13.9. The second-order valence-electron chi connectivity index (χ2n) is 4.02. The van der Waals surface area contributed by atoms with Crippen molar-refractivity contribution in [2.24, 2.45) is 0 Å². The third-order valence-corrected chi connectivity index (χ3v) is 2.45. The molecule has 1 aliphatic rings. The average Bonchev–Trinajstić information content (AvgIpc) is 2.39. The van der Waals surface area contributed by atoms with Crippen LogP contribution in [0.15, 0.2) is 24.3 Å². The molecule has 3 heteroatoms. The lowest BCUT2D eigenvalue weighted by atomic mass is 10.1. The van der Waals surface area contributed by atoms with Gasteiger partial charge in [-0.15, -0.1) is 0 Å². The molecule has 3 nitrogen and oxygen atoms in total. The molecular weight excluding hydrogens is 240 g/mol. The summed E-state index contributed by atoms with van der Waals surface area (Å²) >= 11 is 0. The van der Waals surface area contributed by atoms with Crippen molar-refractivity contribution in [3.05, 3.63) is 24.3 Å². The van der Waals surface area contributed by atoms with Gasteiger partial charge in [0.15, 0.2) is 0 Å². The second-order valence-corrected chi connectivity index (χ2v) is 4.02. The second kappa shape index (κ2) is 9.03. The summed E-state index contributed by atoms with van der Waals surface area (Å²) in [5, 5.41) is 0. The van der Waals surface area contributed by atoms with Gasteiger partial charge >= 0.3 is 5.97 Å². The normalized spacial score (nSPS) is 22.4. The Labute approximate surface area is 114 Å². The molecule has 1 rings (SSSR count). The highest BCUT2D eigenvalue weighted by molar-refractivity contribution is 5.66. The molecule has 1 heterocycles. The number of ether oxygens (including phenoxy) is 2.